The number of nitrogens with zero attached hydrogens (tertiary/aromatic N) is 2. The fraction of sp³-hybridized carbons (Fsp3) is 0.455. The minimum absolute atomic E-state index is 0.00422. The molecular weight excluding hydrogens is 405 g/mol. The van der Waals surface area contributed by atoms with Gasteiger partial charge in [-0.15, -0.1) is 0 Å². The van der Waals surface area contributed by atoms with E-state index in [-0.39, 0.29) is 23.2 Å². The van der Waals surface area contributed by atoms with Crippen molar-refractivity contribution in [3.8, 4) is 11.5 Å². The zero-order valence-electron chi connectivity index (χ0n) is 18.2. The lowest BCUT2D eigenvalue weighted by atomic mass is 9.93. The molecule has 3 heterocycles. The average molecular weight is 431 g/mol. The molecule has 0 radical (unpaired) electrons. The van der Waals surface area contributed by atoms with Crippen LogP contribution in [0.3, 0.4) is 0 Å². The van der Waals surface area contributed by atoms with E-state index in [0.717, 1.165) is 6.07 Å². The van der Waals surface area contributed by atoms with Crippen LogP contribution >= 0.6 is 0 Å². The van der Waals surface area contributed by atoms with Crippen molar-refractivity contribution in [1.29, 1.82) is 0 Å². The van der Waals surface area contributed by atoms with Crippen molar-refractivity contribution in [2.75, 3.05) is 18.0 Å². The van der Waals surface area contributed by atoms with Gasteiger partial charge < -0.3 is 29.4 Å². The number of hydrogen-bond acceptors (Lipinski definition) is 6. The smallest absolute Gasteiger partial charge is 0.455 e. The molecule has 2 aliphatic heterocycles. The first-order chi connectivity index (χ1) is 14.5. The predicted molar refractivity (Wildman–Crippen MR) is 115 cm³/mol. The van der Waals surface area contributed by atoms with Crippen LogP contribution in [0, 0.1) is 11.2 Å². The van der Waals surface area contributed by atoms with Crippen LogP contribution in [-0.2, 0) is 0 Å². The highest BCUT2D eigenvalue weighted by Gasteiger charge is 2.33. The monoisotopic (exact) mass is 431 g/mol. The van der Waals surface area contributed by atoms with Crippen LogP contribution in [0.2, 0.25) is 0 Å². The number of ether oxygens (including phenoxy) is 2. The summed E-state index contributed by atoms with van der Waals surface area (Å²) in [5.74, 6) is -0.194. The second kappa shape index (κ2) is 7.26. The molecule has 31 heavy (non-hydrogen) atoms. The summed E-state index contributed by atoms with van der Waals surface area (Å²) in [4.78, 5) is 25.8. The number of aromatic nitrogens is 1. The molecule has 2 aliphatic rings. The summed E-state index contributed by atoms with van der Waals surface area (Å²) in [6.45, 7) is 11.1. The largest absolute Gasteiger partial charge is 0.511 e. The Bertz CT molecular complexity index is 1150. The standard InChI is InChI=1S/C22H26FN3O5/c1-11-7-25(8-12(2)24-11)18-14(23)6-13-17-20(18)31-16(22(3,4)5)10-26(17)9-15(19(13)27)30-21(28)29/h6,9-12,24H,7-8H2,1-5H3,(H,28,29). The molecule has 1 saturated heterocycles. The van der Waals surface area contributed by atoms with Gasteiger partial charge in [-0.2, -0.15) is 0 Å². The number of nitrogens with one attached hydrogen (secondary N) is 1. The first-order valence-corrected chi connectivity index (χ1v) is 10.2. The van der Waals surface area contributed by atoms with E-state index in [1.165, 1.54) is 6.20 Å². The lowest BCUT2D eigenvalue weighted by Crippen LogP contribution is -2.54. The molecule has 4 rings (SSSR count). The molecule has 0 saturated carbocycles. The maximum Gasteiger partial charge on any atom is 0.511 e. The van der Waals surface area contributed by atoms with E-state index in [2.05, 4.69) is 10.1 Å². The highest BCUT2D eigenvalue weighted by molar-refractivity contribution is 5.94. The summed E-state index contributed by atoms with van der Waals surface area (Å²) in [7, 11) is 0. The van der Waals surface area contributed by atoms with Crippen molar-refractivity contribution in [1.82, 2.24) is 9.88 Å². The van der Waals surface area contributed by atoms with E-state index in [4.69, 9.17) is 9.84 Å². The average Bonchev–Trinajstić information content (AvgIpc) is 2.63. The van der Waals surface area contributed by atoms with E-state index < -0.39 is 28.6 Å². The number of carbonyl (C=O) groups is 1. The molecule has 0 aliphatic carbocycles. The van der Waals surface area contributed by atoms with Crippen molar-refractivity contribution >= 4 is 28.9 Å². The SMILES string of the molecule is CC1CN(c2c(F)cc3c(=O)c(OC(=O)O)cn4c3c2OC(C(C)(C)C)=C4)CC(C)N1. The Labute approximate surface area is 178 Å². The van der Waals surface area contributed by atoms with E-state index in [9.17, 15) is 9.59 Å². The number of benzene rings is 1. The maximum absolute atomic E-state index is 15.5. The maximum atomic E-state index is 15.5. The highest BCUT2D eigenvalue weighted by atomic mass is 19.1. The van der Waals surface area contributed by atoms with Crippen LogP contribution in [0.5, 0.6) is 11.5 Å². The summed E-state index contributed by atoms with van der Waals surface area (Å²) in [5.41, 5.74) is -0.457. The number of carboxylic acid groups (broad SMARTS) is 1. The molecule has 0 spiro atoms. The van der Waals surface area contributed by atoms with Gasteiger partial charge in [-0.3, -0.25) is 4.79 Å². The van der Waals surface area contributed by atoms with Crippen molar-refractivity contribution < 1.29 is 23.8 Å². The van der Waals surface area contributed by atoms with Gasteiger partial charge in [0.15, 0.2) is 17.3 Å². The first-order valence-electron chi connectivity index (χ1n) is 10.2. The Morgan fingerprint density at radius 1 is 1.29 bits per heavy atom. The summed E-state index contributed by atoms with van der Waals surface area (Å²) < 4.78 is 28.0. The summed E-state index contributed by atoms with van der Waals surface area (Å²) in [6, 6.07) is 1.42. The fourth-order valence-electron chi connectivity index (χ4n) is 4.20. The normalized spacial score (nSPS) is 21.0. The lowest BCUT2D eigenvalue weighted by molar-refractivity contribution is 0.144. The van der Waals surface area contributed by atoms with Crippen molar-refractivity contribution in [2.24, 2.45) is 5.41 Å². The van der Waals surface area contributed by atoms with Crippen LogP contribution in [0.15, 0.2) is 22.8 Å². The molecule has 2 atom stereocenters. The molecule has 9 heteroatoms. The lowest BCUT2D eigenvalue weighted by Gasteiger charge is -2.39. The van der Waals surface area contributed by atoms with Crippen LogP contribution in [-0.4, -0.2) is 41.0 Å². The van der Waals surface area contributed by atoms with Gasteiger partial charge in [-0.05, 0) is 19.9 Å². The van der Waals surface area contributed by atoms with Crippen LogP contribution in [0.1, 0.15) is 34.6 Å². The molecule has 0 amide bonds. The minimum atomic E-state index is -1.61. The van der Waals surface area contributed by atoms with Gasteiger partial charge in [-0.1, -0.05) is 20.8 Å². The summed E-state index contributed by atoms with van der Waals surface area (Å²) >= 11 is 0. The van der Waals surface area contributed by atoms with E-state index in [1.54, 1.807) is 10.8 Å². The fourth-order valence-corrected chi connectivity index (χ4v) is 4.20. The number of anilines is 1. The van der Waals surface area contributed by atoms with Crippen molar-refractivity contribution in [3.05, 3.63) is 34.1 Å². The Balaban J connectivity index is 2.02. The summed E-state index contributed by atoms with van der Waals surface area (Å²) in [5, 5.41) is 12.4. The molecule has 0 bridgehead atoms. The predicted octanol–water partition coefficient (Wildman–Crippen LogP) is 3.62. The van der Waals surface area contributed by atoms with E-state index >= 15 is 4.39 Å². The van der Waals surface area contributed by atoms with Gasteiger partial charge in [0, 0.05) is 36.8 Å². The quantitative estimate of drug-likeness (QED) is 0.702. The highest BCUT2D eigenvalue weighted by Crippen LogP contribution is 2.45. The Kier molecular flexibility index (Phi) is 4.96. The van der Waals surface area contributed by atoms with Crippen LogP contribution in [0.25, 0.3) is 17.1 Å². The number of hydrogen-bond donors (Lipinski definition) is 2. The number of piperazine rings is 1. The number of pyridine rings is 1. The zero-order chi connectivity index (χ0) is 22.7. The van der Waals surface area contributed by atoms with Crippen LogP contribution < -0.4 is 25.1 Å². The van der Waals surface area contributed by atoms with Gasteiger partial charge in [0.2, 0.25) is 5.43 Å². The molecule has 166 valence electrons. The Hall–Kier alpha value is -3.07. The molecule has 2 unspecified atom stereocenters. The molecule has 1 aromatic heterocycles. The first kappa shape index (κ1) is 21.2. The van der Waals surface area contributed by atoms with Gasteiger partial charge in [0.25, 0.3) is 0 Å². The van der Waals surface area contributed by atoms with Gasteiger partial charge in [0.1, 0.15) is 17.0 Å². The Morgan fingerprint density at radius 2 is 1.94 bits per heavy atom. The van der Waals surface area contributed by atoms with Gasteiger partial charge in [-0.25, -0.2) is 9.18 Å². The second-order valence-corrected chi connectivity index (χ2v) is 9.25. The topological polar surface area (TPSA) is 93.0 Å². The van der Waals surface area contributed by atoms with Gasteiger partial charge in [0.05, 0.1) is 11.6 Å². The zero-order valence-corrected chi connectivity index (χ0v) is 18.2. The van der Waals surface area contributed by atoms with E-state index in [1.807, 2.05) is 39.5 Å². The third-order valence-electron chi connectivity index (χ3n) is 5.44. The van der Waals surface area contributed by atoms with E-state index in [0.29, 0.717) is 30.1 Å². The van der Waals surface area contributed by atoms with Crippen LogP contribution in [0.4, 0.5) is 14.9 Å². The van der Waals surface area contributed by atoms with Crippen molar-refractivity contribution in [3.63, 3.8) is 0 Å². The second-order valence-electron chi connectivity index (χ2n) is 9.25. The Morgan fingerprint density at radius 3 is 2.52 bits per heavy atom. The number of rotatable bonds is 2. The number of allylic oxidation sites excluding steroid dienone is 1. The molecule has 2 N–H and O–H groups in total. The molecule has 1 fully saturated rings. The molecule has 2 aromatic rings. The van der Waals surface area contributed by atoms with Crippen molar-refractivity contribution in [2.45, 2.75) is 46.7 Å². The number of halogens is 1. The third kappa shape index (κ3) is 3.74. The third-order valence-corrected chi connectivity index (χ3v) is 5.44. The molecule has 8 nitrogen and oxygen atoms in total. The molecule has 1 aromatic carbocycles. The van der Waals surface area contributed by atoms with Gasteiger partial charge >= 0.3 is 6.16 Å². The minimum Gasteiger partial charge on any atom is -0.455 e. The molecular formula is C22H26FN3O5. The summed E-state index contributed by atoms with van der Waals surface area (Å²) in [6.07, 6.45) is 1.37.